The molecule has 3 nitrogen and oxygen atoms in total. The predicted octanol–water partition coefficient (Wildman–Crippen LogP) is 2.31. The first-order chi connectivity index (χ1) is 6.85. The summed E-state index contributed by atoms with van der Waals surface area (Å²) >= 11 is 0. The van der Waals surface area contributed by atoms with Crippen molar-refractivity contribution in [2.75, 3.05) is 6.61 Å². The third kappa shape index (κ3) is 1.51. The van der Waals surface area contributed by atoms with Gasteiger partial charge in [0.05, 0.1) is 0 Å². The van der Waals surface area contributed by atoms with Crippen molar-refractivity contribution in [1.82, 2.24) is 4.98 Å². The van der Waals surface area contributed by atoms with Crippen LogP contribution >= 0.6 is 0 Å². The maximum atomic E-state index is 9.16. The normalized spacial score (nSPS) is 13.3. The second kappa shape index (κ2) is 3.80. The Morgan fingerprint density at radius 1 is 1.50 bits per heavy atom. The third-order valence-corrected chi connectivity index (χ3v) is 2.54. The number of benzene rings is 1. The van der Waals surface area contributed by atoms with Gasteiger partial charge in [-0.15, -0.1) is 0 Å². The maximum Gasteiger partial charge on any atom is 0.181 e. The van der Waals surface area contributed by atoms with E-state index in [1.807, 2.05) is 18.2 Å². The van der Waals surface area contributed by atoms with Crippen molar-refractivity contribution in [1.29, 1.82) is 0 Å². The van der Waals surface area contributed by atoms with Crippen LogP contribution in [0.5, 0.6) is 0 Å². The molecule has 1 aromatic heterocycles. The summed E-state index contributed by atoms with van der Waals surface area (Å²) in [4.78, 5) is 4.04. The molecule has 0 fully saturated rings. The lowest BCUT2D eigenvalue weighted by molar-refractivity contribution is 0.262. The second-order valence-electron chi connectivity index (χ2n) is 3.37. The zero-order valence-corrected chi connectivity index (χ0v) is 8.10. The van der Waals surface area contributed by atoms with E-state index in [1.54, 1.807) is 0 Å². The molecule has 0 saturated heterocycles. The van der Waals surface area contributed by atoms with Crippen LogP contribution in [0.25, 0.3) is 11.1 Å². The highest BCUT2D eigenvalue weighted by atomic mass is 16.3. The van der Waals surface area contributed by atoms with E-state index >= 15 is 0 Å². The largest absolute Gasteiger partial charge is 0.443 e. The molecule has 0 radical (unpaired) electrons. The van der Waals surface area contributed by atoms with Gasteiger partial charge in [0.2, 0.25) is 0 Å². The number of fused-ring (bicyclic) bond motifs is 1. The number of aliphatic hydroxyl groups is 1. The molecule has 1 aromatic carbocycles. The number of hydrogen-bond acceptors (Lipinski definition) is 3. The topological polar surface area (TPSA) is 46.3 Å². The molecule has 0 saturated carbocycles. The van der Waals surface area contributed by atoms with Crippen molar-refractivity contribution >= 4 is 11.1 Å². The monoisotopic (exact) mass is 191 g/mol. The predicted molar refractivity (Wildman–Crippen MR) is 54.1 cm³/mol. The van der Waals surface area contributed by atoms with Gasteiger partial charge in [0.1, 0.15) is 5.52 Å². The SMILES string of the molecule is CCC(CO)c1ccc2ncoc2c1. The number of aliphatic hydroxyl groups excluding tert-OH is 1. The molecule has 0 bridgehead atoms. The van der Waals surface area contributed by atoms with Crippen LogP contribution in [-0.4, -0.2) is 16.7 Å². The van der Waals surface area contributed by atoms with E-state index in [1.165, 1.54) is 6.39 Å². The lowest BCUT2D eigenvalue weighted by Gasteiger charge is -2.10. The molecular weight excluding hydrogens is 178 g/mol. The summed E-state index contributed by atoms with van der Waals surface area (Å²) in [7, 11) is 0. The Morgan fingerprint density at radius 2 is 2.36 bits per heavy atom. The minimum absolute atomic E-state index is 0.177. The Hall–Kier alpha value is -1.35. The molecule has 1 unspecified atom stereocenters. The van der Waals surface area contributed by atoms with Crippen molar-refractivity contribution in [2.24, 2.45) is 0 Å². The summed E-state index contributed by atoms with van der Waals surface area (Å²) in [6.07, 6.45) is 2.37. The fourth-order valence-corrected chi connectivity index (χ4v) is 1.60. The molecule has 0 aliphatic heterocycles. The van der Waals surface area contributed by atoms with Crippen LogP contribution in [0, 0.1) is 0 Å². The van der Waals surface area contributed by atoms with Gasteiger partial charge < -0.3 is 9.52 Å². The number of oxazole rings is 1. The second-order valence-corrected chi connectivity index (χ2v) is 3.37. The van der Waals surface area contributed by atoms with E-state index in [0.29, 0.717) is 0 Å². The van der Waals surface area contributed by atoms with Crippen LogP contribution in [-0.2, 0) is 0 Å². The zero-order valence-electron chi connectivity index (χ0n) is 8.10. The molecule has 14 heavy (non-hydrogen) atoms. The number of hydrogen-bond donors (Lipinski definition) is 1. The molecule has 1 heterocycles. The van der Waals surface area contributed by atoms with Gasteiger partial charge in [0, 0.05) is 12.5 Å². The minimum Gasteiger partial charge on any atom is -0.443 e. The average Bonchev–Trinajstić information content (AvgIpc) is 2.66. The summed E-state index contributed by atoms with van der Waals surface area (Å²) < 4.78 is 5.20. The highest BCUT2D eigenvalue weighted by Gasteiger charge is 2.09. The molecule has 0 amide bonds. The standard InChI is InChI=1S/C11H13NO2/c1-2-8(6-13)9-3-4-10-11(5-9)14-7-12-10/h3-5,7-8,13H,2,6H2,1H3. The Balaban J connectivity index is 2.42. The fourth-order valence-electron chi connectivity index (χ4n) is 1.60. The van der Waals surface area contributed by atoms with Crippen LogP contribution in [0.4, 0.5) is 0 Å². The van der Waals surface area contributed by atoms with Crippen molar-refractivity contribution in [3.05, 3.63) is 30.2 Å². The minimum atomic E-state index is 0.177. The van der Waals surface area contributed by atoms with Crippen molar-refractivity contribution in [3.63, 3.8) is 0 Å². The smallest absolute Gasteiger partial charge is 0.181 e. The Bertz CT molecular complexity index is 418. The van der Waals surface area contributed by atoms with Gasteiger partial charge in [-0.05, 0) is 24.1 Å². The molecular formula is C11H13NO2. The summed E-state index contributed by atoms with van der Waals surface area (Å²) in [5.41, 5.74) is 2.76. The van der Waals surface area contributed by atoms with Crippen molar-refractivity contribution in [3.8, 4) is 0 Å². The third-order valence-electron chi connectivity index (χ3n) is 2.54. The summed E-state index contributed by atoms with van der Waals surface area (Å²) in [5, 5.41) is 9.16. The van der Waals surface area contributed by atoms with E-state index in [2.05, 4.69) is 11.9 Å². The Labute approximate surface area is 82.4 Å². The molecule has 3 heteroatoms. The van der Waals surface area contributed by atoms with Crippen LogP contribution in [0.1, 0.15) is 24.8 Å². The van der Waals surface area contributed by atoms with E-state index in [-0.39, 0.29) is 12.5 Å². The first-order valence-electron chi connectivity index (χ1n) is 4.79. The van der Waals surface area contributed by atoms with Crippen LogP contribution in [0.2, 0.25) is 0 Å². The Morgan fingerprint density at radius 3 is 3.07 bits per heavy atom. The molecule has 2 aromatic rings. The number of nitrogens with zero attached hydrogens (tertiary/aromatic N) is 1. The molecule has 2 rings (SSSR count). The van der Waals surface area contributed by atoms with E-state index < -0.39 is 0 Å². The molecule has 1 N–H and O–H groups in total. The summed E-state index contributed by atoms with van der Waals surface area (Å²) in [6.45, 7) is 2.24. The first-order valence-corrected chi connectivity index (χ1v) is 4.79. The number of rotatable bonds is 3. The van der Waals surface area contributed by atoms with Crippen LogP contribution in [0.3, 0.4) is 0 Å². The van der Waals surface area contributed by atoms with Crippen LogP contribution in [0.15, 0.2) is 29.0 Å². The van der Waals surface area contributed by atoms with E-state index in [0.717, 1.165) is 23.1 Å². The fraction of sp³-hybridized carbons (Fsp3) is 0.364. The van der Waals surface area contributed by atoms with E-state index in [9.17, 15) is 0 Å². The lowest BCUT2D eigenvalue weighted by Crippen LogP contribution is -2.01. The lowest BCUT2D eigenvalue weighted by atomic mass is 9.97. The Kier molecular flexibility index (Phi) is 2.50. The summed E-state index contributed by atoms with van der Waals surface area (Å²) in [6, 6.07) is 5.87. The quantitative estimate of drug-likeness (QED) is 0.809. The van der Waals surface area contributed by atoms with E-state index in [4.69, 9.17) is 9.52 Å². The van der Waals surface area contributed by atoms with Gasteiger partial charge in [-0.1, -0.05) is 13.0 Å². The maximum absolute atomic E-state index is 9.16. The van der Waals surface area contributed by atoms with Gasteiger partial charge in [-0.25, -0.2) is 4.98 Å². The molecule has 1 atom stereocenters. The highest BCUT2D eigenvalue weighted by molar-refractivity contribution is 5.72. The first kappa shape index (κ1) is 9.21. The zero-order chi connectivity index (χ0) is 9.97. The van der Waals surface area contributed by atoms with Gasteiger partial charge in [0.15, 0.2) is 12.0 Å². The van der Waals surface area contributed by atoms with Gasteiger partial charge in [-0.2, -0.15) is 0 Å². The number of aromatic nitrogens is 1. The molecule has 0 aliphatic rings. The van der Waals surface area contributed by atoms with Crippen molar-refractivity contribution in [2.45, 2.75) is 19.3 Å². The molecule has 74 valence electrons. The molecule has 0 spiro atoms. The van der Waals surface area contributed by atoms with Gasteiger partial charge in [0.25, 0.3) is 0 Å². The van der Waals surface area contributed by atoms with Crippen LogP contribution < -0.4 is 0 Å². The average molecular weight is 191 g/mol. The highest BCUT2D eigenvalue weighted by Crippen LogP contribution is 2.22. The van der Waals surface area contributed by atoms with Gasteiger partial charge >= 0.3 is 0 Å². The molecule has 0 aliphatic carbocycles. The summed E-state index contributed by atoms with van der Waals surface area (Å²) in [5.74, 6) is 0.199. The van der Waals surface area contributed by atoms with Crippen molar-refractivity contribution < 1.29 is 9.52 Å². The van der Waals surface area contributed by atoms with Gasteiger partial charge in [-0.3, -0.25) is 0 Å².